The molecule has 3 heteroatoms. The van der Waals surface area contributed by atoms with Gasteiger partial charge in [0.25, 0.3) is 0 Å². The van der Waals surface area contributed by atoms with Crippen LogP contribution in [-0.4, -0.2) is 11.8 Å². The second kappa shape index (κ2) is 2.57. The van der Waals surface area contributed by atoms with E-state index in [4.69, 9.17) is 0 Å². The number of hydrogen-bond donors (Lipinski definition) is 1. The summed E-state index contributed by atoms with van der Waals surface area (Å²) < 4.78 is 0. The summed E-state index contributed by atoms with van der Waals surface area (Å²) in [5.74, 6) is 1.08. The molecule has 2 fully saturated rings. The molecular weight excluding hydrogens is 154 g/mol. The summed E-state index contributed by atoms with van der Waals surface area (Å²) in [4.78, 5) is 22.1. The first kappa shape index (κ1) is 7.77. The predicted octanol–water partition coefficient (Wildman–Crippen LogP) is 0.695. The van der Waals surface area contributed by atoms with Crippen LogP contribution in [-0.2, 0) is 9.59 Å². The van der Waals surface area contributed by atoms with Gasteiger partial charge in [0.05, 0.1) is 0 Å². The number of amides is 2. The van der Waals surface area contributed by atoms with Crippen molar-refractivity contribution in [1.82, 2.24) is 5.32 Å². The molecule has 3 nitrogen and oxygen atoms in total. The Kier molecular flexibility index (Phi) is 1.67. The van der Waals surface area contributed by atoms with Gasteiger partial charge in [-0.3, -0.25) is 14.9 Å². The summed E-state index contributed by atoms with van der Waals surface area (Å²) in [6.45, 7) is 2.19. The van der Waals surface area contributed by atoms with Gasteiger partial charge in [0.2, 0.25) is 11.8 Å². The Bertz CT molecular complexity index is 231. The molecule has 66 valence electrons. The van der Waals surface area contributed by atoms with Gasteiger partial charge in [-0.2, -0.15) is 0 Å². The molecule has 0 bridgehead atoms. The molecule has 0 aromatic rings. The predicted molar refractivity (Wildman–Crippen MR) is 43.1 cm³/mol. The summed E-state index contributed by atoms with van der Waals surface area (Å²) in [6.07, 6.45) is 2.66. The molecule has 1 saturated carbocycles. The van der Waals surface area contributed by atoms with Gasteiger partial charge in [0, 0.05) is 12.3 Å². The Morgan fingerprint density at radius 3 is 2.42 bits per heavy atom. The topological polar surface area (TPSA) is 46.2 Å². The van der Waals surface area contributed by atoms with Crippen LogP contribution in [0.15, 0.2) is 0 Å². The molecule has 1 heterocycles. The molecule has 1 unspecified atom stereocenters. The molecular formula is C9H13NO2. The van der Waals surface area contributed by atoms with E-state index in [0.717, 1.165) is 18.8 Å². The minimum Gasteiger partial charge on any atom is -0.296 e. The van der Waals surface area contributed by atoms with E-state index in [2.05, 4.69) is 12.2 Å². The lowest BCUT2D eigenvalue weighted by Gasteiger charge is -2.35. The third-order valence-corrected chi connectivity index (χ3v) is 2.98. The molecule has 1 saturated heterocycles. The second-order valence-corrected chi connectivity index (χ2v) is 4.06. The minimum absolute atomic E-state index is 0.00583. The minimum atomic E-state index is -0.0930. The first-order chi connectivity index (χ1) is 5.66. The highest BCUT2D eigenvalue weighted by molar-refractivity contribution is 6.03. The van der Waals surface area contributed by atoms with Crippen LogP contribution in [0.3, 0.4) is 0 Å². The number of hydrogen-bond acceptors (Lipinski definition) is 2. The van der Waals surface area contributed by atoms with Crippen molar-refractivity contribution in [3.05, 3.63) is 0 Å². The van der Waals surface area contributed by atoms with E-state index in [1.54, 1.807) is 0 Å². The fraction of sp³-hybridized carbons (Fsp3) is 0.778. The maximum absolute atomic E-state index is 11.2. The highest BCUT2D eigenvalue weighted by Gasteiger charge is 2.41. The number of imide groups is 1. The molecule has 0 spiro atoms. The zero-order chi connectivity index (χ0) is 8.72. The molecule has 12 heavy (non-hydrogen) atoms. The first-order valence-corrected chi connectivity index (χ1v) is 4.50. The van der Waals surface area contributed by atoms with E-state index in [1.165, 1.54) is 0 Å². The lowest BCUT2D eigenvalue weighted by Crippen LogP contribution is -2.33. The van der Waals surface area contributed by atoms with Crippen LogP contribution in [0.1, 0.15) is 26.2 Å². The van der Waals surface area contributed by atoms with Gasteiger partial charge < -0.3 is 0 Å². The molecule has 1 N–H and O–H groups in total. The van der Waals surface area contributed by atoms with Crippen LogP contribution in [0.4, 0.5) is 0 Å². The number of carbonyl (C=O) groups excluding carboxylic acids is 2. The molecule has 2 rings (SSSR count). The zero-order valence-corrected chi connectivity index (χ0v) is 7.17. The van der Waals surface area contributed by atoms with Crippen molar-refractivity contribution in [2.75, 3.05) is 0 Å². The zero-order valence-electron chi connectivity index (χ0n) is 7.17. The van der Waals surface area contributed by atoms with E-state index < -0.39 is 0 Å². The number of nitrogens with one attached hydrogen (secondary N) is 1. The highest BCUT2D eigenvalue weighted by Crippen LogP contribution is 2.41. The van der Waals surface area contributed by atoms with Gasteiger partial charge in [-0.05, 0) is 24.7 Å². The summed E-state index contributed by atoms with van der Waals surface area (Å²) >= 11 is 0. The first-order valence-electron chi connectivity index (χ1n) is 4.50. The Labute approximate surface area is 71.5 Å². The van der Waals surface area contributed by atoms with Gasteiger partial charge in [-0.15, -0.1) is 0 Å². The monoisotopic (exact) mass is 167 g/mol. The molecule has 1 aliphatic carbocycles. The maximum Gasteiger partial charge on any atom is 0.230 e. The molecule has 1 aliphatic heterocycles. The highest BCUT2D eigenvalue weighted by atomic mass is 16.2. The fourth-order valence-electron chi connectivity index (χ4n) is 2.25. The number of rotatable bonds is 1. The van der Waals surface area contributed by atoms with Crippen LogP contribution >= 0.6 is 0 Å². The third-order valence-electron chi connectivity index (χ3n) is 2.98. The van der Waals surface area contributed by atoms with Crippen molar-refractivity contribution >= 4 is 11.8 Å². The van der Waals surface area contributed by atoms with Crippen LogP contribution in [0.25, 0.3) is 0 Å². The van der Waals surface area contributed by atoms with Gasteiger partial charge >= 0.3 is 0 Å². The summed E-state index contributed by atoms with van der Waals surface area (Å²) in [7, 11) is 0. The van der Waals surface area contributed by atoms with E-state index in [0.29, 0.717) is 12.3 Å². The Balaban J connectivity index is 1.97. The largest absolute Gasteiger partial charge is 0.296 e. The SMILES string of the molecule is CC1CC(C2CC(=O)NC2=O)C1. The quantitative estimate of drug-likeness (QED) is 0.584. The molecule has 2 amide bonds. The van der Waals surface area contributed by atoms with Crippen LogP contribution in [0.2, 0.25) is 0 Å². The van der Waals surface area contributed by atoms with E-state index in [-0.39, 0.29) is 17.7 Å². The maximum atomic E-state index is 11.2. The fourth-order valence-corrected chi connectivity index (χ4v) is 2.25. The lowest BCUT2D eigenvalue weighted by molar-refractivity contribution is -0.127. The van der Waals surface area contributed by atoms with Crippen molar-refractivity contribution in [1.29, 1.82) is 0 Å². The number of carbonyl (C=O) groups is 2. The van der Waals surface area contributed by atoms with Crippen LogP contribution in [0.5, 0.6) is 0 Å². The lowest BCUT2D eigenvalue weighted by atomic mass is 9.69. The standard InChI is InChI=1S/C9H13NO2/c1-5-2-6(3-5)7-4-8(11)10-9(7)12/h5-7H,2-4H2,1H3,(H,10,11,12). The van der Waals surface area contributed by atoms with Crippen molar-refractivity contribution < 1.29 is 9.59 Å². The van der Waals surface area contributed by atoms with E-state index in [9.17, 15) is 9.59 Å². The van der Waals surface area contributed by atoms with Crippen LogP contribution < -0.4 is 5.32 Å². The van der Waals surface area contributed by atoms with Crippen molar-refractivity contribution in [2.45, 2.75) is 26.2 Å². The Hall–Kier alpha value is -0.860. The summed E-state index contributed by atoms with van der Waals surface area (Å²) in [6, 6.07) is 0. The van der Waals surface area contributed by atoms with Gasteiger partial charge in [-0.25, -0.2) is 0 Å². The van der Waals surface area contributed by atoms with Gasteiger partial charge in [0.15, 0.2) is 0 Å². The van der Waals surface area contributed by atoms with Gasteiger partial charge in [0.1, 0.15) is 0 Å². The second-order valence-electron chi connectivity index (χ2n) is 4.06. The van der Waals surface area contributed by atoms with E-state index >= 15 is 0 Å². The molecule has 0 aromatic heterocycles. The molecule has 1 atom stereocenters. The van der Waals surface area contributed by atoms with Crippen molar-refractivity contribution in [3.63, 3.8) is 0 Å². The van der Waals surface area contributed by atoms with Crippen LogP contribution in [0, 0.1) is 17.8 Å². The average molecular weight is 167 g/mol. The molecule has 2 aliphatic rings. The summed E-state index contributed by atoms with van der Waals surface area (Å²) in [5.41, 5.74) is 0. The average Bonchev–Trinajstić information content (AvgIpc) is 2.23. The third kappa shape index (κ3) is 1.13. The normalized spacial score (nSPS) is 40.9. The smallest absolute Gasteiger partial charge is 0.230 e. The Morgan fingerprint density at radius 1 is 1.33 bits per heavy atom. The van der Waals surface area contributed by atoms with E-state index in [1.807, 2.05) is 0 Å². The molecule has 0 radical (unpaired) electrons. The van der Waals surface area contributed by atoms with Gasteiger partial charge in [-0.1, -0.05) is 6.92 Å². The Morgan fingerprint density at radius 2 is 2.00 bits per heavy atom. The van der Waals surface area contributed by atoms with Crippen molar-refractivity contribution in [2.24, 2.45) is 17.8 Å². The van der Waals surface area contributed by atoms with Crippen molar-refractivity contribution in [3.8, 4) is 0 Å². The molecule has 0 aromatic carbocycles. The summed E-state index contributed by atoms with van der Waals surface area (Å²) in [5, 5.41) is 2.35.